The van der Waals surface area contributed by atoms with E-state index in [0.29, 0.717) is 22.7 Å². The minimum Gasteiger partial charge on any atom is -0.493 e. The Hall–Kier alpha value is -1.36. The first kappa shape index (κ1) is 13.1. The molecular weight excluding hydrogens is 246 g/mol. The van der Waals surface area contributed by atoms with E-state index in [2.05, 4.69) is 15.6 Å². The van der Waals surface area contributed by atoms with E-state index in [1.54, 1.807) is 13.3 Å². The lowest BCUT2D eigenvalue weighted by Crippen LogP contribution is -2.39. The van der Waals surface area contributed by atoms with Gasteiger partial charge in [-0.05, 0) is 37.2 Å². The molecule has 0 bridgehead atoms. The molecule has 98 valence electrons. The molecule has 0 amide bonds. The number of nitrogens with one attached hydrogen (secondary N) is 2. The van der Waals surface area contributed by atoms with Gasteiger partial charge in [0.25, 0.3) is 0 Å². The summed E-state index contributed by atoms with van der Waals surface area (Å²) in [6.45, 7) is 0. The van der Waals surface area contributed by atoms with Gasteiger partial charge in [-0.1, -0.05) is 19.3 Å². The van der Waals surface area contributed by atoms with Crippen LogP contribution in [0.4, 0.5) is 5.82 Å². The molecule has 0 radical (unpaired) electrons. The summed E-state index contributed by atoms with van der Waals surface area (Å²) in [6.07, 6.45) is 8.02. The van der Waals surface area contributed by atoms with Crippen LogP contribution in [0.25, 0.3) is 0 Å². The lowest BCUT2D eigenvalue weighted by Gasteiger charge is -2.24. The number of hydrogen-bond acceptors (Lipinski definition) is 3. The first-order chi connectivity index (χ1) is 8.79. The SMILES string of the molecule is COc1cccnc1NC(=S)NC1CCCCC1. The number of nitrogens with zero attached hydrogens (tertiary/aromatic N) is 1. The summed E-state index contributed by atoms with van der Waals surface area (Å²) in [6, 6.07) is 4.19. The Kier molecular flexibility index (Phi) is 4.75. The highest BCUT2D eigenvalue weighted by atomic mass is 32.1. The van der Waals surface area contributed by atoms with Gasteiger partial charge in [-0.25, -0.2) is 4.98 Å². The molecule has 1 fully saturated rings. The highest BCUT2D eigenvalue weighted by molar-refractivity contribution is 7.80. The van der Waals surface area contributed by atoms with Crippen molar-refractivity contribution in [3.8, 4) is 5.75 Å². The summed E-state index contributed by atoms with van der Waals surface area (Å²) in [5.74, 6) is 1.36. The van der Waals surface area contributed by atoms with E-state index in [9.17, 15) is 0 Å². The van der Waals surface area contributed by atoms with Crippen molar-refractivity contribution in [2.75, 3.05) is 12.4 Å². The molecule has 5 heteroatoms. The lowest BCUT2D eigenvalue weighted by atomic mass is 9.96. The zero-order valence-electron chi connectivity index (χ0n) is 10.6. The monoisotopic (exact) mass is 265 g/mol. The summed E-state index contributed by atoms with van der Waals surface area (Å²) in [4.78, 5) is 4.22. The first-order valence-electron chi connectivity index (χ1n) is 6.36. The Morgan fingerprint density at radius 2 is 2.17 bits per heavy atom. The van der Waals surface area contributed by atoms with Crippen LogP contribution in [0, 0.1) is 0 Å². The van der Waals surface area contributed by atoms with Gasteiger partial charge in [-0.15, -0.1) is 0 Å². The Labute approximate surface area is 113 Å². The smallest absolute Gasteiger partial charge is 0.174 e. The third-order valence-electron chi connectivity index (χ3n) is 3.16. The van der Waals surface area contributed by atoms with Crippen LogP contribution in [0.3, 0.4) is 0 Å². The van der Waals surface area contributed by atoms with Crippen LogP contribution in [0.1, 0.15) is 32.1 Å². The molecule has 1 heterocycles. The second kappa shape index (κ2) is 6.54. The van der Waals surface area contributed by atoms with Crippen LogP contribution in [0.5, 0.6) is 5.75 Å². The number of rotatable bonds is 3. The molecule has 0 spiro atoms. The number of ether oxygens (including phenoxy) is 1. The Morgan fingerprint density at radius 3 is 2.89 bits per heavy atom. The fourth-order valence-electron chi connectivity index (χ4n) is 2.23. The van der Waals surface area contributed by atoms with E-state index in [4.69, 9.17) is 17.0 Å². The molecule has 1 aliphatic carbocycles. The zero-order chi connectivity index (χ0) is 12.8. The summed E-state index contributed by atoms with van der Waals surface area (Å²) >= 11 is 5.31. The summed E-state index contributed by atoms with van der Waals surface area (Å²) in [5, 5.41) is 7.06. The number of thiocarbonyl (C=S) groups is 1. The van der Waals surface area contributed by atoms with Crippen LogP contribution in [0.2, 0.25) is 0 Å². The minimum absolute atomic E-state index is 0.494. The summed E-state index contributed by atoms with van der Waals surface area (Å²) < 4.78 is 5.22. The van der Waals surface area contributed by atoms with E-state index >= 15 is 0 Å². The maximum atomic E-state index is 5.31. The fourth-order valence-corrected chi connectivity index (χ4v) is 2.49. The predicted molar refractivity (Wildman–Crippen MR) is 77.0 cm³/mol. The van der Waals surface area contributed by atoms with Crippen LogP contribution in [0.15, 0.2) is 18.3 Å². The van der Waals surface area contributed by atoms with E-state index in [1.807, 2.05) is 12.1 Å². The van der Waals surface area contributed by atoms with Crippen LogP contribution < -0.4 is 15.4 Å². The van der Waals surface area contributed by atoms with Crippen LogP contribution in [-0.4, -0.2) is 23.2 Å². The fraction of sp³-hybridized carbons (Fsp3) is 0.538. The second-order valence-corrected chi connectivity index (χ2v) is 4.90. The topological polar surface area (TPSA) is 46.2 Å². The lowest BCUT2D eigenvalue weighted by molar-refractivity contribution is 0.412. The van der Waals surface area contributed by atoms with Crippen molar-refractivity contribution in [3.63, 3.8) is 0 Å². The van der Waals surface area contributed by atoms with Crippen LogP contribution in [-0.2, 0) is 0 Å². The molecule has 18 heavy (non-hydrogen) atoms. The zero-order valence-corrected chi connectivity index (χ0v) is 11.4. The predicted octanol–water partition coefficient (Wildman–Crippen LogP) is 2.71. The van der Waals surface area contributed by atoms with Crippen molar-refractivity contribution in [1.29, 1.82) is 0 Å². The van der Waals surface area contributed by atoms with Crippen molar-refractivity contribution in [1.82, 2.24) is 10.3 Å². The molecule has 1 aromatic rings. The van der Waals surface area contributed by atoms with Crippen molar-refractivity contribution in [3.05, 3.63) is 18.3 Å². The van der Waals surface area contributed by atoms with Crippen molar-refractivity contribution < 1.29 is 4.74 Å². The maximum absolute atomic E-state index is 5.31. The molecule has 0 unspecified atom stereocenters. The van der Waals surface area contributed by atoms with Gasteiger partial charge in [-0.3, -0.25) is 0 Å². The van der Waals surface area contributed by atoms with Gasteiger partial charge < -0.3 is 15.4 Å². The highest BCUT2D eigenvalue weighted by Crippen LogP contribution is 2.21. The van der Waals surface area contributed by atoms with Crippen LogP contribution >= 0.6 is 12.2 Å². The Bertz CT molecular complexity index is 405. The third-order valence-corrected chi connectivity index (χ3v) is 3.38. The molecule has 4 nitrogen and oxygen atoms in total. The molecule has 2 rings (SSSR count). The van der Waals surface area contributed by atoms with E-state index in [0.717, 1.165) is 0 Å². The molecule has 2 N–H and O–H groups in total. The molecule has 0 atom stereocenters. The van der Waals surface area contributed by atoms with Gasteiger partial charge in [0.05, 0.1) is 7.11 Å². The maximum Gasteiger partial charge on any atom is 0.174 e. The van der Waals surface area contributed by atoms with Crippen molar-refractivity contribution >= 4 is 23.1 Å². The molecule has 0 aliphatic heterocycles. The third kappa shape index (κ3) is 3.57. The molecule has 1 aliphatic rings. The van der Waals surface area contributed by atoms with Crippen molar-refractivity contribution in [2.24, 2.45) is 0 Å². The van der Waals surface area contributed by atoms with Gasteiger partial charge in [0.15, 0.2) is 16.7 Å². The van der Waals surface area contributed by atoms with Gasteiger partial charge >= 0.3 is 0 Å². The van der Waals surface area contributed by atoms with Gasteiger partial charge in [0, 0.05) is 12.2 Å². The molecule has 0 aromatic carbocycles. The van der Waals surface area contributed by atoms with Gasteiger partial charge in [0.1, 0.15) is 0 Å². The minimum atomic E-state index is 0.494. The Morgan fingerprint density at radius 1 is 1.39 bits per heavy atom. The molecule has 0 saturated heterocycles. The normalized spacial score (nSPS) is 16.1. The molecule has 1 aromatic heterocycles. The second-order valence-electron chi connectivity index (χ2n) is 4.49. The number of pyridine rings is 1. The van der Waals surface area contributed by atoms with E-state index in [-0.39, 0.29) is 0 Å². The number of methoxy groups -OCH3 is 1. The van der Waals surface area contributed by atoms with Crippen molar-refractivity contribution in [2.45, 2.75) is 38.1 Å². The molecule has 1 saturated carbocycles. The number of aromatic nitrogens is 1. The molecular formula is C13H19N3OS. The highest BCUT2D eigenvalue weighted by Gasteiger charge is 2.14. The summed E-state index contributed by atoms with van der Waals surface area (Å²) in [7, 11) is 1.62. The Balaban J connectivity index is 1.90. The average Bonchev–Trinajstić information content (AvgIpc) is 2.40. The van der Waals surface area contributed by atoms with E-state index < -0.39 is 0 Å². The average molecular weight is 265 g/mol. The largest absolute Gasteiger partial charge is 0.493 e. The quantitative estimate of drug-likeness (QED) is 0.823. The first-order valence-corrected chi connectivity index (χ1v) is 6.77. The van der Waals surface area contributed by atoms with Gasteiger partial charge in [0.2, 0.25) is 0 Å². The summed E-state index contributed by atoms with van der Waals surface area (Å²) in [5.41, 5.74) is 0. The van der Waals surface area contributed by atoms with Gasteiger partial charge in [-0.2, -0.15) is 0 Å². The number of anilines is 1. The number of hydrogen-bond donors (Lipinski definition) is 2. The standard InChI is InChI=1S/C13H19N3OS/c1-17-11-8-5-9-14-12(11)16-13(18)15-10-6-3-2-4-7-10/h5,8-10H,2-4,6-7H2,1H3,(H2,14,15,16,18). The van der Waals surface area contributed by atoms with E-state index in [1.165, 1.54) is 32.1 Å².